The Morgan fingerprint density at radius 3 is 2.47 bits per heavy atom. The summed E-state index contributed by atoms with van der Waals surface area (Å²) in [6, 6.07) is 7.94. The Bertz CT molecular complexity index is 1130. The summed E-state index contributed by atoms with van der Waals surface area (Å²) in [6.07, 6.45) is 7.98. The second-order valence-electron chi connectivity index (χ2n) is 9.00. The highest BCUT2D eigenvalue weighted by Gasteiger charge is 2.26. The summed E-state index contributed by atoms with van der Waals surface area (Å²) >= 11 is 0. The van der Waals surface area contributed by atoms with Crippen molar-refractivity contribution < 1.29 is 9.13 Å². The molecule has 0 atom stereocenters. The zero-order valence-corrected chi connectivity index (χ0v) is 19.0. The first-order valence-electron chi connectivity index (χ1n) is 11.0. The van der Waals surface area contributed by atoms with Gasteiger partial charge in [0, 0.05) is 25.5 Å². The first kappa shape index (κ1) is 22.2. The van der Waals surface area contributed by atoms with Gasteiger partial charge in [0.15, 0.2) is 0 Å². The molecule has 0 saturated heterocycles. The second kappa shape index (κ2) is 8.86. The molecule has 1 saturated carbocycles. The van der Waals surface area contributed by atoms with E-state index in [-0.39, 0.29) is 11.5 Å². The molecule has 1 aliphatic carbocycles. The average molecular weight is 440 g/mol. The van der Waals surface area contributed by atoms with Crippen molar-refractivity contribution in [1.29, 1.82) is 0 Å². The van der Waals surface area contributed by atoms with Crippen molar-refractivity contribution >= 4 is 5.95 Å². The van der Waals surface area contributed by atoms with E-state index in [0.29, 0.717) is 29.1 Å². The highest BCUT2D eigenvalue weighted by molar-refractivity contribution is 5.59. The quantitative estimate of drug-likeness (QED) is 0.609. The zero-order chi connectivity index (χ0) is 22.9. The Morgan fingerprint density at radius 1 is 1.12 bits per heavy atom. The van der Waals surface area contributed by atoms with Crippen molar-refractivity contribution in [3.05, 3.63) is 59.0 Å². The third-order valence-electron chi connectivity index (χ3n) is 6.32. The highest BCUT2D eigenvalue weighted by atomic mass is 19.1. The Morgan fingerprint density at radius 2 is 1.81 bits per heavy atom. The van der Waals surface area contributed by atoms with E-state index in [0.717, 1.165) is 18.8 Å². The molecular formula is C24H30FN5O2. The Kier molecular flexibility index (Phi) is 6.15. The Labute approximate surface area is 187 Å². The van der Waals surface area contributed by atoms with Crippen LogP contribution in [0, 0.1) is 11.7 Å². The molecule has 1 fully saturated rings. The number of imidazole rings is 1. The van der Waals surface area contributed by atoms with Crippen molar-refractivity contribution in [3.63, 3.8) is 0 Å². The minimum atomic E-state index is -0.871. The van der Waals surface area contributed by atoms with E-state index in [2.05, 4.69) is 17.2 Å². The molecule has 0 spiro atoms. The first-order chi connectivity index (χ1) is 15.3. The number of rotatable bonds is 6. The lowest BCUT2D eigenvalue weighted by Gasteiger charge is -2.26. The zero-order valence-electron chi connectivity index (χ0n) is 19.0. The van der Waals surface area contributed by atoms with Crippen molar-refractivity contribution in [2.75, 3.05) is 12.4 Å². The summed E-state index contributed by atoms with van der Waals surface area (Å²) in [5.41, 5.74) is 0.553. The van der Waals surface area contributed by atoms with E-state index >= 15 is 0 Å². The standard InChI is InChI=1S/C24H30FN5O2/c1-16-5-9-18(10-6-16)27-22-26-14-13-20(28-22)21-15-29(24(2,3)32-4)23(31)30(21)19-11-7-17(25)8-12-19/h7-8,11-16,18H,5-6,9-10H2,1-4H3,(H,26,27,28). The minimum Gasteiger partial charge on any atom is -0.359 e. The highest BCUT2D eigenvalue weighted by Crippen LogP contribution is 2.27. The van der Waals surface area contributed by atoms with Gasteiger partial charge in [-0.1, -0.05) is 6.92 Å². The maximum Gasteiger partial charge on any atom is 0.335 e. The molecule has 2 heterocycles. The van der Waals surface area contributed by atoms with Gasteiger partial charge in [-0.15, -0.1) is 0 Å². The fraction of sp³-hybridized carbons (Fsp3) is 0.458. The van der Waals surface area contributed by atoms with Crippen molar-refractivity contribution in [1.82, 2.24) is 19.1 Å². The molecule has 4 rings (SSSR count). The van der Waals surface area contributed by atoms with Gasteiger partial charge < -0.3 is 10.1 Å². The third kappa shape index (κ3) is 4.46. The molecule has 1 aromatic carbocycles. The van der Waals surface area contributed by atoms with E-state index in [1.807, 2.05) is 13.8 Å². The molecule has 0 bridgehead atoms. The van der Waals surface area contributed by atoms with Gasteiger partial charge in [0.05, 0.1) is 17.1 Å². The fourth-order valence-corrected chi connectivity index (χ4v) is 4.11. The van der Waals surface area contributed by atoms with Crippen LogP contribution in [-0.2, 0) is 10.5 Å². The van der Waals surface area contributed by atoms with Crippen LogP contribution in [0.3, 0.4) is 0 Å². The molecule has 8 heteroatoms. The lowest BCUT2D eigenvalue weighted by atomic mass is 9.87. The van der Waals surface area contributed by atoms with Crippen molar-refractivity contribution in [2.45, 2.75) is 58.2 Å². The number of nitrogens with one attached hydrogen (secondary N) is 1. The van der Waals surface area contributed by atoms with Crippen LogP contribution in [0.2, 0.25) is 0 Å². The molecule has 32 heavy (non-hydrogen) atoms. The molecule has 1 aliphatic rings. The van der Waals surface area contributed by atoms with E-state index in [1.54, 1.807) is 37.7 Å². The number of ether oxygens (including phenoxy) is 1. The summed E-state index contributed by atoms with van der Waals surface area (Å²) in [5.74, 6) is 0.934. The number of methoxy groups -OCH3 is 1. The Balaban J connectivity index is 1.76. The van der Waals surface area contributed by atoms with E-state index in [9.17, 15) is 9.18 Å². The smallest absolute Gasteiger partial charge is 0.335 e. The topological polar surface area (TPSA) is 74.0 Å². The Hall–Kier alpha value is -3.00. The summed E-state index contributed by atoms with van der Waals surface area (Å²) < 4.78 is 22.1. The van der Waals surface area contributed by atoms with Crippen molar-refractivity contribution in [3.8, 4) is 17.1 Å². The maximum atomic E-state index is 13.5. The first-order valence-corrected chi connectivity index (χ1v) is 11.0. The van der Waals surface area contributed by atoms with E-state index in [4.69, 9.17) is 9.72 Å². The number of aromatic nitrogens is 4. The summed E-state index contributed by atoms with van der Waals surface area (Å²) in [4.78, 5) is 22.5. The van der Waals surface area contributed by atoms with E-state index in [1.165, 1.54) is 34.1 Å². The van der Waals surface area contributed by atoms with Gasteiger partial charge in [-0.25, -0.2) is 19.2 Å². The minimum absolute atomic E-state index is 0.298. The van der Waals surface area contributed by atoms with Crippen LogP contribution >= 0.6 is 0 Å². The van der Waals surface area contributed by atoms with Crippen LogP contribution in [-0.4, -0.2) is 32.3 Å². The van der Waals surface area contributed by atoms with Gasteiger partial charge in [0.25, 0.3) is 0 Å². The van der Waals surface area contributed by atoms with Crippen LogP contribution in [0.1, 0.15) is 46.5 Å². The third-order valence-corrected chi connectivity index (χ3v) is 6.32. The van der Waals surface area contributed by atoms with E-state index < -0.39 is 5.72 Å². The normalized spacial score (nSPS) is 19.2. The van der Waals surface area contributed by atoms with Gasteiger partial charge in [0.2, 0.25) is 5.95 Å². The maximum absolute atomic E-state index is 13.5. The van der Waals surface area contributed by atoms with Crippen LogP contribution in [0.25, 0.3) is 17.1 Å². The predicted octanol–water partition coefficient (Wildman–Crippen LogP) is 4.56. The SMILES string of the molecule is COC(C)(C)n1cc(-c2ccnc(NC3CCC(C)CC3)n2)n(-c2ccc(F)cc2)c1=O. The van der Waals surface area contributed by atoms with Gasteiger partial charge in [-0.05, 0) is 75.8 Å². The molecule has 0 radical (unpaired) electrons. The molecule has 2 aromatic heterocycles. The van der Waals surface area contributed by atoms with Crippen LogP contribution < -0.4 is 11.0 Å². The van der Waals surface area contributed by atoms with Crippen LogP contribution in [0.4, 0.5) is 10.3 Å². The molecule has 0 aliphatic heterocycles. The lowest BCUT2D eigenvalue weighted by molar-refractivity contribution is -0.0478. The van der Waals surface area contributed by atoms with Gasteiger partial charge in [-0.3, -0.25) is 9.13 Å². The molecule has 7 nitrogen and oxygen atoms in total. The molecule has 0 amide bonds. The number of hydrogen-bond acceptors (Lipinski definition) is 5. The number of halogens is 1. The second-order valence-corrected chi connectivity index (χ2v) is 9.00. The average Bonchev–Trinajstić information content (AvgIpc) is 3.14. The number of hydrogen-bond donors (Lipinski definition) is 1. The molecule has 3 aromatic rings. The van der Waals surface area contributed by atoms with Gasteiger partial charge in [-0.2, -0.15) is 0 Å². The number of nitrogens with zero attached hydrogens (tertiary/aromatic N) is 4. The fourth-order valence-electron chi connectivity index (χ4n) is 4.11. The monoisotopic (exact) mass is 439 g/mol. The van der Waals surface area contributed by atoms with Crippen LogP contribution in [0.15, 0.2) is 47.5 Å². The number of benzene rings is 1. The molecule has 170 valence electrons. The van der Waals surface area contributed by atoms with Crippen LogP contribution in [0.5, 0.6) is 0 Å². The predicted molar refractivity (Wildman–Crippen MR) is 122 cm³/mol. The largest absolute Gasteiger partial charge is 0.359 e. The summed E-state index contributed by atoms with van der Waals surface area (Å²) in [7, 11) is 1.55. The summed E-state index contributed by atoms with van der Waals surface area (Å²) in [6.45, 7) is 5.91. The summed E-state index contributed by atoms with van der Waals surface area (Å²) in [5, 5.41) is 3.45. The molecular weight excluding hydrogens is 409 g/mol. The lowest BCUT2D eigenvalue weighted by Crippen LogP contribution is -2.37. The molecule has 0 unspecified atom stereocenters. The van der Waals surface area contributed by atoms with Gasteiger partial charge >= 0.3 is 5.69 Å². The number of anilines is 1. The van der Waals surface area contributed by atoms with Crippen molar-refractivity contribution in [2.24, 2.45) is 5.92 Å². The molecule has 1 N–H and O–H groups in total. The van der Waals surface area contributed by atoms with Gasteiger partial charge in [0.1, 0.15) is 11.5 Å².